The minimum Gasteiger partial charge on any atom is -0.444 e. The van der Waals surface area contributed by atoms with Crippen molar-refractivity contribution in [2.45, 2.75) is 50.6 Å². The summed E-state index contributed by atoms with van der Waals surface area (Å²) in [5.74, 6) is -0.263. The number of fused-ring (bicyclic) bond motifs is 1. The number of ether oxygens (including phenoxy) is 1. The molecule has 2 saturated heterocycles. The van der Waals surface area contributed by atoms with E-state index in [0.717, 1.165) is 5.56 Å². The number of rotatable bonds is 5. The molecule has 0 aliphatic carbocycles. The van der Waals surface area contributed by atoms with Gasteiger partial charge in [-0.3, -0.25) is 4.79 Å². The number of amidine groups is 1. The Balaban J connectivity index is 1.66. The van der Waals surface area contributed by atoms with Crippen molar-refractivity contribution in [3.63, 3.8) is 0 Å². The number of benzene rings is 1. The summed E-state index contributed by atoms with van der Waals surface area (Å²) < 4.78 is 29.3. The van der Waals surface area contributed by atoms with Crippen molar-refractivity contribution in [1.29, 1.82) is 0 Å². The number of nitrogens with zero attached hydrogens (tertiary/aromatic N) is 2. The molecule has 2 aliphatic rings. The first-order valence-corrected chi connectivity index (χ1v) is 13.0. The Bertz CT molecular complexity index is 974. The van der Waals surface area contributed by atoms with Gasteiger partial charge < -0.3 is 15.0 Å². The summed E-state index contributed by atoms with van der Waals surface area (Å²) in [6.45, 7) is 5.81. The number of thioether (sulfide) groups is 1. The zero-order valence-corrected chi connectivity index (χ0v) is 20.0. The average molecular weight is 488 g/mol. The number of sulfone groups is 1. The van der Waals surface area contributed by atoms with Gasteiger partial charge in [-0.25, -0.2) is 13.2 Å². The van der Waals surface area contributed by atoms with Crippen LogP contribution in [0, 0.1) is 0 Å². The van der Waals surface area contributed by atoms with Crippen LogP contribution in [0.3, 0.4) is 0 Å². The standard InChI is InChI=1S/C20H26ClN3O5S2/c1-20(2,3)29-19(26)22-9-8-17(25)23-18-24(10-13-4-6-14(21)7-5-13)15-11-31(27,28)12-16(15)30-18/h4-7,15-16H,8-12H2,1-3H3,(H,22,26)/t15-,16+/m0/s1. The molecule has 0 unspecified atom stereocenters. The lowest BCUT2D eigenvalue weighted by Gasteiger charge is -2.24. The van der Waals surface area contributed by atoms with Gasteiger partial charge in [-0.05, 0) is 38.5 Å². The molecule has 0 aromatic heterocycles. The molecule has 0 spiro atoms. The predicted octanol–water partition coefficient (Wildman–Crippen LogP) is 2.85. The van der Waals surface area contributed by atoms with Gasteiger partial charge in [0.05, 0.1) is 17.5 Å². The van der Waals surface area contributed by atoms with E-state index in [1.807, 2.05) is 17.0 Å². The van der Waals surface area contributed by atoms with Crippen molar-refractivity contribution in [1.82, 2.24) is 10.2 Å². The Kier molecular flexibility index (Phi) is 7.22. The molecule has 0 radical (unpaired) electrons. The van der Waals surface area contributed by atoms with E-state index in [0.29, 0.717) is 16.7 Å². The number of carbonyl (C=O) groups is 2. The van der Waals surface area contributed by atoms with Gasteiger partial charge in [-0.15, -0.1) is 0 Å². The van der Waals surface area contributed by atoms with Crippen molar-refractivity contribution in [3.8, 4) is 0 Å². The summed E-state index contributed by atoms with van der Waals surface area (Å²) in [5.41, 5.74) is 0.330. The highest BCUT2D eigenvalue weighted by Crippen LogP contribution is 2.39. The first kappa shape index (κ1) is 23.9. The molecule has 0 saturated carbocycles. The van der Waals surface area contributed by atoms with Crippen molar-refractivity contribution in [3.05, 3.63) is 34.9 Å². The van der Waals surface area contributed by atoms with Crippen LogP contribution in [-0.2, 0) is 25.9 Å². The molecule has 31 heavy (non-hydrogen) atoms. The largest absolute Gasteiger partial charge is 0.444 e. The smallest absolute Gasteiger partial charge is 0.407 e. The Morgan fingerprint density at radius 1 is 1.26 bits per heavy atom. The number of hydrogen-bond donors (Lipinski definition) is 1. The van der Waals surface area contributed by atoms with Gasteiger partial charge in [0.15, 0.2) is 15.0 Å². The third kappa shape index (κ3) is 6.85. The zero-order valence-electron chi connectivity index (χ0n) is 17.6. The minimum atomic E-state index is -3.11. The summed E-state index contributed by atoms with van der Waals surface area (Å²) in [4.78, 5) is 30.2. The number of hydrogen-bond acceptors (Lipinski definition) is 6. The van der Waals surface area contributed by atoms with Gasteiger partial charge in [-0.2, -0.15) is 4.99 Å². The van der Waals surface area contributed by atoms with Crippen molar-refractivity contribution in [2.24, 2.45) is 4.99 Å². The van der Waals surface area contributed by atoms with E-state index in [2.05, 4.69) is 10.3 Å². The SMILES string of the molecule is CC(C)(C)OC(=O)NCCC(=O)N=C1S[C@@H]2CS(=O)(=O)C[C@@H]2N1Cc1ccc(Cl)cc1. The normalized spacial score (nSPS) is 23.6. The lowest BCUT2D eigenvalue weighted by atomic mass is 10.1. The zero-order chi connectivity index (χ0) is 22.8. The third-order valence-corrected chi connectivity index (χ3v) is 8.17. The van der Waals surface area contributed by atoms with Gasteiger partial charge in [0.2, 0.25) is 5.91 Å². The van der Waals surface area contributed by atoms with Crippen molar-refractivity contribution >= 4 is 50.4 Å². The molecule has 1 aromatic rings. The molecule has 0 bridgehead atoms. The molecule has 1 N–H and O–H groups in total. The Labute approximate surface area is 191 Å². The molecule has 1 aromatic carbocycles. The van der Waals surface area contributed by atoms with Crippen molar-refractivity contribution in [2.75, 3.05) is 18.1 Å². The van der Waals surface area contributed by atoms with Crippen LogP contribution in [0.4, 0.5) is 4.79 Å². The molecule has 2 heterocycles. The van der Waals surface area contributed by atoms with Gasteiger partial charge in [-0.1, -0.05) is 35.5 Å². The fourth-order valence-electron chi connectivity index (χ4n) is 3.36. The van der Waals surface area contributed by atoms with Crippen molar-refractivity contribution < 1.29 is 22.7 Å². The highest BCUT2D eigenvalue weighted by atomic mass is 35.5. The van der Waals surface area contributed by atoms with Crippen LogP contribution in [0.5, 0.6) is 0 Å². The maximum atomic E-state index is 12.4. The highest BCUT2D eigenvalue weighted by molar-refractivity contribution is 8.15. The molecule has 2 aliphatic heterocycles. The maximum Gasteiger partial charge on any atom is 0.407 e. The van der Waals surface area contributed by atoms with E-state index in [-0.39, 0.29) is 41.7 Å². The fourth-order valence-corrected chi connectivity index (χ4v) is 7.45. The lowest BCUT2D eigenvalue weighted by Crippen LogP contribution is -2.37. The van der Waals surface area contributed by atoms with Gasteiger partial charge in [0.1, 0.15) is 5.60 Å². The molecular formula is C20H26ClN3O5S2. The minimum absolute atomic E-state index is 0.0196. The van der Waals surface area contributed by atoms with E-state index in [1.54, 1.807) is 32.9 Å². The summed E-state index contributed by atoms with van der Waals surface area (Å²) in [7, 11) is -3.11. The van der Waals surface area contributed by atoms with Gasteiger partial charge in [0, 0.05) is 29.8 Å². The third-order valence-electron chi connectivity index (χ3n) is 4.67. The second kappa shape index (κ2) is 9.38. The quantitative estimate of drug-likeness (QED) is 0.680. The van der Waals surface area contributed by atoms with Gasteiger partial charge >= 0.3 is 6.09 Å². The van der Waals surface area contributed by atoms with E-state index < -0.39 is 21.5 Å². The molecule has 2 fully saturated rings. The average Bonchev–Trinajstić information content (AvgIpc) is 3.07. The van der Waals surface area contributed by atoms with Crippen LogP contribution >= 0.6 is 23.4 Å². The Morgan fingerprint density at radius 2 is 1.94 bits per heavy atom. The fraction of sp³-hybridized carbons (Fsp3) is 0.550. The van der Waals surface area contributed by atoms with Crippen LogP contribution in [0.15, 0.2) is 29.3 Å². The monoisotopic (exact) mass is 487 g/mol. The number of alkyl carbamates (subject to hydrolysis) is 1. The highest BCUT2D eigenvalue weighted by Gasteiger charge is 2.48. The lowest BCUT2D eigenvalue weighted by molar-refractivity contribution is -0.117. The second-order valence-electron chi connectivity index (χ2n) is 8.52. The number of aliphatic imine (C=N–C) groups is 1. The summed E-state index contributed by atoms with van der Waals surface area (Å²) >= 11 is 7.28. The molecule has 170 valence electrons. The Morgan fingerprint density at radius 3 is 2.58 bits per heavy atom. The molecule has 8 nitrogen and oxygen atoms in total. The Hall–Kier alpha value is -1.78. The molecule has 2 atom stereocenters. The second-order valence-corrected chi connectivity index (χ2v) is 12.3. The van der Waals surface area contributed by atoms with Crippen LogP contribution in [0.1, 0.15) is 32.8 Å². The van der Waals surface area contributed by atoms with E-state index >= 15 is 0 Å². The van der Waals surface area contributed by atoms with Crippen LogP contribution < -0.4 is 5.32 Å². The number of carbonyl (C=O) groups excluding carboxylic acids is 2. The van der Waals surface area contributed by atoms with E-state index in [4.69, 9.17) is 16.3 Å². The van der Waals surface area contributed by atoms with Crippen LogP contribution in [0.2, 0.25) is 5.02 Å². The number of nitrogens with one attached hydrogen (secondary N) is 1. The predicted molar refractivity (Wildman–Crippen MR) is 122 cm³/mol. The van der Waals surface area contributed by atoms with E-state index in [1.165, 1.54) is 11.8 Å². The molecular weight excluding hydrogens is 462 g/mol. The number of halogens is 1. The summed E-state index contributed by atoms with van der Waals surface area (Å²) in [6, 6.07) is 7.06. The summed E-state index contributed by atoms with van der Waals surface area (Å²) in [5, 5.41) is 3.52. The molecule has 3 rings (SSSR count). The van der Waals surface area contributed by atoms with Gasteiger partial charge in [0.25, 0.3) is 0 Å². The maximum absolute atomic E-state index is 12.4. The molecule has 2 amide bonds. The first-order valence-electron chi connectivity index (χ1n) is 9.88. The number of amides is 2. The topological polar surface area (TPSA) is 105 Å². The molecule has 11 heteroatoms. The van der Waals surface area contributed by atoms with Crippen LogP contribution in [0.25, 0.3) is 0 Å². The first-order chi connectivity index (χ1) is 14.4. The van der Waals surface area contributed by atoms with Crippen LogP contribution in [-0.4, -0.2) is 65.4 Å². The summed E-state index contributed by atoms with van der Waals surface area (Å²) in [6.07, 6.45) is -0.571. The van der Waals surface area contributed by atoms with E-state index in [9.17, 15) is 18.0 Å².